The fourth-order valence-electron chi connectivity index (χ4n) is 1.56. The number of thiophene rings is 1. The maximum atomic E-state index is 13.1. The van der Waals surface area contributed by atoms with Gasteiger partial charge in [0.25, 0.3) is 0 Å². The Kier molecular flexibility index (Phi) is 4.22. The summed E-state index contributed by atoms with van der Waals surface area (Å²) in [6, 6.07) is 7.78. The number of ether oxygens (including phenoxy) is 1. The van der Waals surface area contributed by atoms with Gasteiger partial charge in [0.15, 0.2) is 0 Å². The number of benzene rings is 1. The molecular weight excluding hydrogens is 275 g/mol. The second-order valence-corrected chi connectivity index (χ2v) is 5.65. The zero-order valence-electron chi connectivity index (χ0n) is 9.69. The summed E-state index contributed by atoms with van der Waals surface area (Å²) < 4.78 is 19.4. The Morgan fingerprint density at radius 1 is 1.39 bits per heavy atom. The summed E-state index contributed by atoms with van der Waals surface area (Å²) in [6.07, 6.45) is -0.775. The van der Waals surface area contributed by atoms with Crippen LogP contribution >= 0.6 is 22.9 Å². The molecule has 0 radical (unpaired) electrons. The smallest absolute Gasteiger partial charge is 0.125 e. The van der Waals surface area contributed by atoms with Crippen LogP contribution in [0, 0.1) is 5.82 Å². The fourth-order valence-corrected chi connectivity index (χ4v) is 2.56. The lowest BCUT2D eigenvalue weighted by Gasteiger charge is -2.12. The molecule has 0 saturated carbocycles. The van der Waals surface area contributed by atoms with Crippen molar-refractivity contribution in [2.75, 3.05) is 0 Å². The first kappa shape index (κ1) is 13.3. The van der Waals surface area contributed by atoms with Gasteiger partial charge in [-0.2, -0.15) is 0 Å². The predicted molar refractivity (Wildman–Crippen MR) is 70.7 cm³/mol. The third-order valence-electron chi connectivity index (χ3n) is 2.42. The average molecular weight is 287 g/mol. The maximum absolute atomic E-state index is 13.1. The summed E-state index contributed by atoms with van der Waals surface area (Å²) in [5.41, 5.74) is 0.442. The van der Waals surface area contributed by atoms with Crippen molar-refractivity contribution < 1.29 is 14.2 Å². The number of rotatable bonds is 4. The van der Waals surface area contributed by atoms with Crippen molar-refractivity contribution >= 4 is 22.9 Å². The maximum Gasteiger partial charge on any atom is 0.125 e. The first-order valence-electron chi connectivity index (χ1n) is 5.41. The largest absolute Gasteiger partial charge is 0.488 e. The second kappa shape index (κ2) is 5.69. The lowest BCUT2D eigenvalue weighted by molar-refractivity contribution is 0.189. The number of hydrogen-bond donors (Lipinski definition) is 1. The van der Waals surface area contributed by atoms with Crippen molar-refractivity contribution in [3.8, 4) is 5.75 Å². The van der Waals surface area contributed by atoms with Gasteiger partial charge in [0, 0.05) is 10.4 Å². The van der Waals surface area contributed by atoms with Gasteiger partial charge in [-0.25, -0.2) is 4.39 Å². The summed E-state index contributed by atoms with van der Waals surface area (Å²) in [5, 5.41) is 9.57. The van der Waals surface area contributed by atoms with Crippen LogP contribution in [0.3, 0.4) is 0 Å². The van der Waals surface area contributed by atoms with E-state index in [-0.39, 0.29) is 0 Å². The molecule has 5 heteroatoms. The molecule has 0 aliphatic carbocycles. The van der Waals surface area contributed by atoms with Gasteiger partial charge in [-0.1, -0.05) is 11.6 Å². The van der Waals surface area contributed by atoms with E-state index in [9.17, 15) is 9.50 Å². The van der Waals surface area contributed by atoms with E-state index in [1.807, 2.05) is 6.07 Å². The molecule has 0 aliphatic rings. The minimum Gasteiger partial charge on any atom is -0.488 e. The van der Waals surface area contributed by atoms with E-state index in [1.165, 1.54) is 29.5 Å². The van der Waals surface area contributed by atoms with Crippen LogP contribution in [0.25, 0.3) is 0 Å². The van der Waals surface area contributed by atoms with Gasteiger partial charge in [-0.3, -0.25) is 0 Å². The van der Waals surface area contributed by atoms with Crippen molar-refractivity contribution in [1.82, 2.24) is 0 Å². The lowest BCUT2D eigenvalue weighted by Crippen LogP contribution is -2.00. The molecule has 0 aliphatic heterocycles. The highest BCUT2D eigenvalue weighted by atomic mass is 35.5. The summed E-state index contributed by atoms with van der Waals surface area (Å²) in [5.74, 6) is 0.0911. The van der Waals surface area contributed by atoms with E-state index in [1.54, 1.807) is 13.0 Å². The highest BCUT2D eigenvalue weighted by Gasteiger charge is 2.11. The molecule has 0 unspecified atom stereocenters. The van der Waals surface area contributed by atoms with Crippen molar-refractivity contribution in [2.24, 2.45) is 0 Å². The molecule has 2 rings (SSSR count). The average Bonchev–Trinajstić information content (AvgIpc) is 2.73. The van der Waals surface area contributed by atoms with Crippen LogP contribution in [0.5, 0.6) is 5.75 Å². The molecule has 18 heavy (non-hydrogen) atoms. The van der Waals surface area contributed by atoms with E-state index < -0.39 is 11.9 Å². The molecule has 0 amide bonds. The molecule has 2 nitrogen and oxygen atoms in total. The summed E-state index contributed by atoms with van der Waals surface area (Å²) in [4.78, 5) is 0.973. The summed E-state index contributed by atoms with van der Waals surface area (Å²) in [6.45, 7) is 1.92. The van der Waals surface area contributed by atoms with Crippen LogP contribution in [0.2, 0.25) is 4.34 Å². The van der Waals surface area contributed by atoms with Crippen molar-refractivity contribution in [3.05, 3.63) is 50.9 Å². The van der Waals surface area contributed by atoms with Crippen LogP contribution in [0.15, 0.2) is 30.3 Å². The number of aliphatic hydroxyl groups is 1. The van der Waals surface area contributed by atoms with Gasteiger partial charge < -0.3 is 9.84 Å². The SMILES string of the molecule is C[C@H](O)c1cc(F)ccc1OCc1ccc(Cl)s1. The first-order chi connectivity index (χ1) is 8.56. The molecule has 1 aromatic carbocycles. The van der Waals surface area contributed by atoms with Crippen molar-refractivity contribution in [2.45, 2.75) is 19.6 Å². The number of halogens is 2. The van der Waals surface area contributed by atoms with Crippen molar-refractivity contribution in [1.29, 1.82) is 0 Å². The van der Waals surface area contributed by atoms with Gasteiger partial charge in [0.1, 0.15) is 18.2 Å². The van der Waals surface area contributed by atoms with Gasteiger partial charge in [-0.05, 0) is 37.3 Å². The normalized spacial score (nSPS) is 12.4. The molecule has 0 spiro atoms. The quantitative estimate of drug-likeness (QED) is 0.914. The third-order valence-corrected chi connectivity index (χ3v) is 3.63. The molecule has 2 aromatic rings. The van der Waals surface area contributed by atoms with Crippen LogP contribution in [-0.4, -0.2) is 5.11 Å². The molecule has 0 saturated heterocycles. The molecule has 1 aromatic heterocycles. The van der Waals surface area contributed by atoms with Crippen molar-refractivity contribution in [3.63, 3.8) is 0 Å². The van der Waals surface area contributed by atoms with E-state index >= 15 is 0 Å². The Morgan fingerprint density at radius 2 is 2.17 bits per heavy atom. The van der Waals surface area contributed by atoms with E-state index in [0.717, 1.165) is 4.88 Å². The topological polar surface area (TPSA) is 29.5 Å². The van der Waals surface area contributed by atoms with Gasteiger partial charge in [0.05, 0.1) is 10.4 Å². The monoisotopic (exact) mass is 286 g/mol. The molecule has 0 bridgehead atoms. The van der Waals surface area contributed by atoms with E-state index in [4.69, 9.17) is 16.3 Å². The molecule has 96 valence electrons. The minimum absolute atomic E-state index is 0.350. The van der Waals surface area contributed by atoms with Gasteiger partial charge in [-0.15, -0.1) is 11.3 Å². The van der Waals surface area contributed by atoms with Crippen LogP contribution in [0.4, 0.5) is 4.39 Å². The Bertz CT molecular complexity index is 540. The molecule has 1 N–H and O–H groups in total. The zero-order chi connectivity index (χ0) is 13.1. The van der Waals surface area contributed by atoms with Gasteiger partial charge >= 0.3 is 0 Å². The molecule has 1 atom stereocenters. The number of hydrogen-bond acceptors (Lipinski definition) is 3. The lowest BCUT2D eigenvalue weighted by atomic mass is 10.1. The summed E-state index contributed by atoms with van der Waals surface area (Å²) >= 11 is 7.25. The molecule has 1 heterocycles. The highest BCUT2D eigenvalue weighted by Crippen LogP contribution is 2.28. The first-order valence-corrected chi connectivity index (χ1v) is 6.60. The van der Waals surface area contributed by atoms with E-state index in [2.05, 4.69) is 0 Å². The van der Waals surface area contributed by atoms with Gasteiger partial charge in [0.2, 0.25) is 0 Å². The van der Waals surface area contributed by atoms with Crippen LogP contribution in [-0.2, 0) is 6.61 Å². The summed E-state index contributed by atoms with van der Waals surface area (Å²) in [7, 11) is 0. The standard InChI is InChI=1S/C13H12ClFO2S/c1-8(16)11-6-9(15)2-4-12(11)17-7-10-3-5-13(14)18-10/h2-6,8,16H,7H2,1H3/t8-/m0/s1. The minimum atomic E-state index is -0.775. The zero-order valence-corrected chi connectivity index (χ0v) is 11.3. The number of aliphatic hydroxyl groups excluding tert-OH is 1. The van der Waals surface area contributed by atoms with E-state index in [0.29, 0.717) is 22.3 Å². The fraction of sp³-hybridized carbons (Fsp3) is 0.231. The van der Waals surface area contributed by atoms with Crippen LogP contribution in [0.1, 0.15) is 23.5 Å². The third kappa shape index (κ3) is 3.22. The Labute approximate surface area is 114 Å². The second-order valence-electron chi connectivity index (χ2n) is 3.85. The Hall–Kier alpha value is -1.10. The molecular formula is C13H12ClFO2S. The van der Waals surface area contributed by atoms with Crippen LogP contribution < -0.4 is 4.74 Å². The Morgan fingerprint density at radius 3 is 2.78 bits per heavy atom. The molecule has 0 fully saturated rings. The Balaban J connectivity index is 2.13. The highest BCUT2D eigenvalue weighted by molar-refractivity contribution is 7.16. The predicted octanol–water partition coefficient (Wildman–Crippen LogP) is 4.17.